The van der Waals surface area contributed by atoms with Crippen molar-refractivity contribution in [3.8, 4) is 33.4 Å². The van der Waals surface area contributed by atoms with Crippen LogP contribution >= 0.6 is 11.8 Å². The number of furan rings is 1. The molecule has 1 atom stereocenters. The van der Waals surface area contributed by atoms with E-state index in [0.29, 0.717) is 0 Å². The highest BCUT2D eigenvalue weighted by Gasteiger charge is 2.51. The lowest BCUT2D eigenvalue weighted by Gasteiger charge is -2.39. The van der Waals surface area contributed by atoms with Crippen molar-refractivity contribution in [2.75, 3.05) is 0 Å². The van der Waals surface area contributed by atoms with Gasteiger partial charge in [-0.1, -0.05) is 212 Å². The summed E-state index contributed by atoms with van der Waals surface area (Å²) in [5, 5.41) is 4.87. The van der Waals surface area contributed by atoms with Gasteiger partial charge in [0.1, 0.15) is 11.2 Å². The van der Waals surface area contributed by atoms with Crippen LogP contribution in [0.1, 0.15) is 44.9 Å². The summed E-state index contributed by atoms with van der Waals surface area (Å²) in [6.45, 7) is 0. The highest BCUT2D eigenvalue weighted by molar-refractivity contribution is 7.99. The van der Waals surface area contributed by atoms with Crippen LogP contribution in [0.2, 0.25) is 0 Å². The van der Waals surface area contributed by atoms with E-state index in [4.69, 9.17) is 4.42 Å². The Kier molecular flexibility index (Phi) is 8.26. The molecule has 0 saturated carbocycles. The standard InChI is InChI=1S/C61H40OS/c1-2-14-40(15-3-1)41-30-28-39(29-31-41)38-49(44-34-32-43(33-35-44)45-19-13-25-55-58(45)48-18-6-9-24-54(48)62-55)47-20-12-23-52-60(47)59-46-17-5-4-16-42(46)36-37-53(59)61(52)50-21-7-10-26-56(50)63-57-27-11-8-22-51(57)61/h1-37,49H,38H2. The minimum Gasteiger partial charge on any atom is -0.456 e. The number of rotatable bonds is 6. The largest absolute Gasteiger partial charge is 0.456 e. The van der Waals surface area contributed by atoms with Gasteiger partial charge in [-0.15, -0.1) is 0 Å². The second-order valence-electron chi connectivity index (χ2n) is 17.0. The minimum atomic E-state index is -0.471. The zero-order valence-electron chi connectivity index (χ0n) is 34.5. The molecule has 1 aliphatic heterocycles. The number of benzene rings is 10. The molecule has 296 valence electrons. The molecule has 1 aliphatic carbocycles. The van der Waals surface area contributed by atoms with E-state index >= 15 is 0 Å². The van der Waals surface area contributed by atoms with E-state index < -0.39 is 5.41 Å². The fourth-order valence-corrected chi connectivity index (χ4v) is 12.2. The van der Waals surface area contributed by atoms with Crippen molar-refractivity contribution < 1.29 is 4.42 Å². The molecule has 2 heterocycles. The summed E-state index contributed by atoms with van der Waals surface area (Å²) in [4.78, 5) is 2.64. The predicted molar refractivity (Wildman–Crippen MR) is 262 cm³/mol. The fourth-order valence-electron chi connectivity index (χ4n) is 11.0. The molecule has 13 rings (SSSR count). The number of para-hydroxylation sites is 1. The second-order valence-corrected chi connectivity index (χ2v) is 18.1. The van der Waals surface area contributed by atoms with Gasteiger partial charge in [0.2, 0.25) is 0 Å². The van der Waals surface area contributed by atoms with Crippen LogP contribution in [0, 0.1) is 0 Å². The number of fused-ring (bicyclic) bond motifs is 14. The smallest absolute Gasteiger partial charge is 0.136 e. The summed E-state index contributed by atoms with van der Waals surface area (Å²) < 4.78 is 6.33. The second kappa shape index (κ2) is 14.3. The van der Waals surface area contributed by atoms with Crippen LogP contribution in [0.5, 0.6) is 0 Å². The molecule has 1 aromatic heterocycles. The molecule has 0 amide bonds. The van der Waals surface area contributed by atoms with Crippen molar-refractivity contribution in [1.82, 2.24) is 0 Å². The third-order valence-electron chi connectivity index (χ3n) is 13.8. The molecule has 0 bridgehead atoms. The monoisotopic (exact) mass is 820 g/mol. The van der Waals surface area contributed by atoms with Crippen LogP contribution in [0.15, 0.2) is 239 Å². The summed E-state index contributed by atoms with van der Waals surface area (Å²) in [5.41, 5.74) is 18.3. The van der Waals surface area contributed by atoms with Crippen LogP contribution in [0.4, 0.5) is 0 Å². The molecular weight excluding hydrogens is 781 g/mol. The Balaban J connectivity index is 1.05. The van der Waals surface area contributed by atoms with Crippen LogP contribution in [-0.2, 0) is 11.8 Å². The van der Waals surface area contributed by atoms with Gasteiger partial charge in [0, 0.05) is 26.5 Å². The molecule has 10 aromatic carbocycles. The van der Waals surface area contributed by atoms with Gasteiger partial charge in [0.05, 0.1) is 5.41 Å². The molecule has 0 radical (unpaired) electrons. The maximum absolute atomic E-state index is 6.33. The van der Waals surface area contributed by atoms with Crippen molar-refractivity contribution in [3.05, 3.63) is 263 Å². The Morgan fingerprint density at radius 3 is 1.81 bits per heavy atom. The van der Waals surface area contributed by atoms with Crippen molar-refractivity contribution in [2.24, 2.45) is 0 Å². The normalized spacial score (nSPS) is 13.8. The summed E-state index contributed by atoms with van der Waals surface area (Å²) >= 11 is 1.90. The lowest BCUT2D eigenvalue weighted by atomic mass is 9.67. The van der Waals surface area contributed by atoms with Gasteiger partial charge in [-0.25, -0.2) is 0 Å². The lowest BCUT2D eigenvalue weighted by Crippen LogP contribution is -2.32. The van der Waals surface area contributed by atoms with Crippen LogP contribution < -0.4 is 0 Å². The van der Waals surface area contributed by atoms with E-state index in [9.17, 15) is 0 Å². The summed E-state index contributed by atoms with van der Waals surface area (Å²) in [6, 6.07) is 83.4. The molecule has 11 aromatic rings. The first-order valence-electron chi connectivity index (χ1n) is 21.9. The van der Waals surface area contributed by atoms with Crippen molar-refractivity contribution in [3.63, 3.8) is 0 Å². The van der Waals surface area contributed by atoms with Crippen LogP contribution in [0.3, 0.4) is 0 Å². The van der Waals surface area contributed by atoms with E-state index in [-0.39, 0.29) is 5.92 Å². The molecule has 1 unspecified atom stereocenters. The van der Waals surface area contributed by atoms with Crippen molar-refractivity contribution in [2.45, 2.75) is 27.5 Å². The minimum absolute atomic E-state index is 0.0625. The first kappa shape index (κ1) is 36.3. The first-order valence-corrected chi connectivity index (χ1v) is 22.7. The van der Waals surface area contributed by atoms with Gasteiger partial charge >= 0.3 is 0 Å². The lowest BCUT2D eigenvalue weighted by molar-refractivity contribution is 0.669. The maximum atomic E-state index is 6.33. The number of hydrogen-bond acceptors (Lipinski definition) is 2. The Bertz CT molecular complexity index is 3510. The third-order valence-corrected chi connectivity index (χ3v) is 14.9. The Hall–Kier alpha value is -7.39. The van der Waals surface area contributed by atoms with Gasteiger partial charge < -0.3 is 4.42 Å². The first-order chi connectivity index (χ1) is 31.2. The zero-order valence-corrected chi connectivity index (χ0v) is 35.3. The maximum Gasteiger partial charge on any atom is 0.136 e. The van der Waals surface area contributed by atoms with Crippen LogP contribution in [0.25, 0.3) is 66.1 Å². The summed E-state index contributed by atoms with van der Waals surface area (Å²) in [6.07, 6.45) is 0.850. The Morgan fingerprint density at radius 1 is 0.413 bits per heavy atom. The van der Waals surface area contributed by atoms with E-state index in [1.807, 2.05) is 17.8 Å². The fraction of sp³-hybridized carbons (Fsp3) is 0.0492. The Morgan fingerprint density at radius 2 is 1.02 bits per heavy atom. The van der Waals surface area contributed by atoms with E-state index in [0.717, 1.165) is 28.4 Å². The highest BCUT2D eigenvalue weighted by atomic mass is 32.2. The summed E-state index contributed by atoms with van der Waals surface area (Å²) in [7, 11) is 0. The number of hydrogen-bond donors (Lipinski definition) is 0. The molecular formula is C61H40OS. The van der Waals surface area contributed by atoms with E-state index in [1.54, 1.807) is 0 Å². The van der Waals surface area contributed by atoms with Crippen molar-refractivity contribution in [1.29, 1.82) is 0 Å². The molecule has 0 fully saturated rings. The van der Waals surface area contributed by atoms with Crippen LogP contribution in [-0.4, -0.2) is 0 Å². The third kappa shape index (κ3) is 5.51. The van der Waals surface area contributed by atoms with E-state index in [2.05, 4.69) is 218 Å². The quantitative estimate of drug-likeness (QED) is 0.166. The molecule has 2 heteroatoms. The predicted octanol–water partition coefficient (Wildman–Crippen LogP) is 16.3. The van der Waals surface area contributed by atoms with Gasteiger partial charge in [0.25, 0.3) is 0 Å². The average Bonchev–Trinajstić information content (AvgIpc) is 3.88. The van der Waals surface area contributed by atoms with Gasteiger partial charge in [-0.2, -0.15) is 0 Å². The SMILES string of the molecule is c1ccc(-c2ccc(CC(c3ccc(-c4cccc5oc6ccccc6c45)cc3)c3cccc4c3-c3c(ccc5ccccc35)C43c4ccccc4Sc4ccccc43)cc2)cc1. The zero-order chi connectivity index (χ0) is 41.5. The molecule has 1 nitrogen and oxygen atoms in total. The highest BCUT2D eigenvalue weighted by Crippen LogP contribution is 2.64. The van der Waals surface area contributed by atoms with Gasteiger partial charge in [-0.3, -0.25) is 0 Å². The Labute approximate surface area is 371 Å². The average molecular weight is 821 g/mol. The summed E-state index contributed by atoms with van der Waals surface area (Å²) in [5.74, 6) is 0.0625. The molecule has 63 heavy (non-hydrogen) atoms. The van der Waals surface area contributed by atoms with E-state index in [1.165, 1.54) is 92.9 Å². The topological polar surface area (TPSA) is 13.1 Å². The van der Waals surface area contributed by atoms with Crippen molar-refractivity contribution >= 4 is 44.5 Å². The molecule has 1 spiro atoms. The van der Waals surface area contributed by atoms with Gasteiger partial charge in [0.15, 0.2) is 0 Å². The van der Waals surface area contributed by atoms with Gasteiger partial charge in [-0.05, 0) is 114 Å². The molecule has 0 N–H and O–H groups in total. The molecule has 0 saturated heterocycles. The molecule has 2 aliphatic rings.